The summed E-state index contributed by atoms with van der Waals surface area (Å²) in [7, 11) is 0. The summed E-state index contributed by atoms with van der Waals surface area (Å²) in [5.74, 6) is 0.249. The van der Waals surface area contributed by atoms with Gasteiger partial charge in [0.2, 0.25) is 5.91 Å². The molecule has 0 unspecified atom stereocenters. The van der Waals surface area contributed by atoms with E-state index in [1.54, 1.807) is 0 Å². The number of carbonyl (C=O) groups is 2. The molecule has 0 atom stereocenters. The number of rotatable bonds is 4. The predicted molar refractivity (Wildman–Crippen MR) is 107 cm³/mol. The minimum Gasteiger partial charge on any atom is -0.344 e. The van der Waals surface area contributed by atoms with Crippen molar-refractivity contribution in [2.45, 2.75) is 40.2 Å². The van der Waals surface area contributed by atoms with Gasteiger partial charge < -0.3 is 14.4 Å². The molecule has 1 aliphatic heterocycles. The SMILES string of the molecule is CCC(=O)N1CCCN(C(=O)c2cc(C)n(Cc3ccccc3)c2C)CC1. The van der Waals surface area contributed by atoms with Gasteiger partial charge in [0.05, 0.1) is 5.56 Å². The van der Waals surface area contributed by atoms with Gasteiger partial charge >= 0.3 is 0 Å². The average molecular weight is 367 g/mol. The number of hydrogen-bond donors (Lipinski definition) is 0. The summed E-state index contributed by atoms with van der Waals surface area (Å²) in [6, 6.07) is 12.3. The van der Waals surface area contributed by atoms with Crippen molar-refractivity contribution >= 4 is 11.8 Å². The molecule has 0 bridgehead atoms. The molecule has 0 N–H and O–H groups in total. The minimum atomic E-state index is 0.0770. The minimum absolute atomic E-state index is 0.0770. The molecule has 3 rings (SSSR count). The highest BCUT2D eigenvalue weighted by molar-refractivity contribution is 5.95. The standard InChI is InChI=1S/C22H29N3O2/c1-4-21(26)23-11-8-12-24(14-13-23)22(27)20-15-17(2)25(18(20)3)16-19-9-6-5-7-10-19/h5-7,9-10,15H,4,8,11-14,16H2,1-3H3. The Hall–Kier alpha value is -2.56. The van der Waals surface area contributed by atoms with Crippen LogP contribution in [0.3, 0.4) is 0 Å². The Morgan fingerprint density at radius 2 is 1.63 bits per heavy atom. The van der Waals surface area contributed by atoms with E-state index in [1.165, 1.54) is 5.56 Å². The Balaban J connectivity index is 1.75. The fourth-order valence-electron chi connectivity index (χ4n) is 3.79. The Morgan fingerprint density at radius 1 is 0.963 bits per heavy atom. The first-order valence-corrected chi connectivity index (χ1v) is 9.79. The van der Waals surface area contributed by atoms with Gasteiger partial charge in [-0.05, 0) is 31.9 Å². The Morgan fingerprint density at radius 3 is 2.33 bits per heavy atom. The maximum Gasteiger partial charge on any atom is 0.255 e. The molecule has 1 saturated heterocycles. The number of benzene rings is 1. The summed E-state index contributed by atoms with van der Waals surface area (Å²) < 4.78 is 2.20. The van der Waals surface area contributed by atoms with Crippen molar-refractivity contribution in [3.8, 4) is 0 Å². The van der Waals surface area contributed by atoms with E-state index in [1.807, 2.05) is 47.9 Å². The molecule has 0 radical (unpaired) electrons. The monoisotopic (exact) mass is 367 g/mol. The van der Waals surface area contributed by atoms with E-state index in [-0.39, 0.29) is 11.8 Å². The molecule has 27 heavy (non-hydrogen) atoms. The van der Waals surface area contributed by atoms with E-state index in [4.69, 9.17) is 0 Å². The molecule has 0 saturated carbocycles. The normalized spacial score (nSPS) is 14.9. The molecule has 0 aliphatic carbocycles. The summed E-state index contributed by atoms with van der Waals surface area (Å²) in [5, 5.41) is 0. The molecular weight excluding hydrogens is 338 g/mol. The van der Waals surface area contributed by atoms with E-state index in [0.29, 0.717) is 26.1 Å². The third-order valence-corrected chi connectivity index (χ3v) is 5.43. The van der Waals surface area contributed by atoms with Crippen LogP contribution in [0.25, 0.3) is 0 Å². The van der Waals surface area contributed by atoms with Crippen LogP contribution in [0.4, 0.5) is 0 Å². The molecule has 144 valence electrons. The molecule has 2 aromatic rings. The summed E-state index contributed by atoms with van der Waals surface area (Å²) in [6.45, 7) is 9.40. The van der Waals surface area contributed by atoms with Crippen molar-refractivity contribution in [1.29, 1.82) is 0 Å². The second-order valence-corrected chi connectivity index (χ2v) is 7.24. The lowest BCUT2D eigenvalue weighted by molar-refractivity contribution is -0.130. The van der Waals surface area contributed by atoms with E-state index < -0.39 is 0 Å². The highest BCUT2D eigenvalue weighted by atomic mass is 16.2. The molecule has 1 aliphatic rings. The van der Waals surface area contributed by atoms with Crippen LogP contribution in [-0.2, 0) is 11.3 Å². The number of aryl methyl sites for hydroxylation is 1. The third kappa shape index (κ3) is 4.24. The van der Waals surface area contributed by atoms with Crippen molar-refractivity contribution in [3.63, 3.8) is 0 Å². The van der Waals surface area contributed by atoms with Crippen molar-refractivity contribution in [1.82, 2.24) is 14.4 Å². The van der Waals surface area contributed by atoms with Gasteiger partial charge in [-0.1, -0.05) is 37.3 Å². The Bertz CT molecular complexity index is 810. The molecule has 1 fully saturated rings. The van der Waals surface area contributed by atoms with Gasteiger partial charge in [-0.2, -0.15) is 0 Å². The van der Waals surface area contributed by atoms with E-state index in [0.717, 1.165) is 36.5 Å². The van der Waals surface area contributed by atoms with E-state index in [9.17, 15) is 9.59 Å². The lowest BCUT2D eigenvalue weighted by Crippen LogP contribution is -2.37. The highest BCUT2D eigenvalue weighted by Gasteiger charge is 2.25. The van der Waals surface area contributed by atoms with Gasteiger partial charge in [0.25, 0.3) is 5.91 Å². The number of amides is 2. The fraction of sp³-hybridized carbons (Fsp3) is 0.455. The zero-order valence-corrected chi connectivity index (χ0v) is 16.6. The highest BCUT2D eigenvalue weighted by Crippen LogP contribution is 2.20. The smallest absolute Gasteiger partial charge is 0.255 e. The Labute approximate surface area is 161 Å². The van der Waals surface area contributed by atoms with Gasteiger partial charge in [-0.3, -0.25) is 9.59 Å². The molecule has 2 amide bonds. The summed E-state index contributed by atoms with van der Waals surface area (Å²) in [5.41, 5.74) is 4.10. The second-order valence-electron chi connectivity index (χ2n) is 7.24. The zero-order chi connectivity index (χ0) is 19.4. The average Bonchev–Trinajstić information content (AvgIpc) is 2.86. The van der Waals surface area contributed by atoms with Crippen LogP contribution < -0.4 is 0 Å². The second kappa shape index (κ2) is 8.42. The van der Waals surface area contributed by atoms with Crippen LogP contribution in [0.15, 0.2) is 36.4 Å². The number of hydrogen-bond acceptors (Lipinski definition) is 2. The van der Waals surface area contributed by atoms with Gasteiger partial charge in [-0.25, -0.2) is 0 Å². The molecule has 1 aromatic carbocycles. The van der Waals surface area contributed by atoms with Gasteiger partial charge in [0.15, 0.2) is 0 Å². The van der Waals surface area contributed by atoms with Crippen LogP contribution in [0.2, 0.25) is 0 Å². The number of nitrogens with zero attached hydrogens (tertiary/aromatic N) is 3. The fourth-order valence-corrected chi connectivity index (χ4v) is 3.79. The molecule has 0 spiro atoms. The molecule has 5 heteroatoms. The third-order valence-electron chi connectivity index (χ3n) is 5.43. The van der Waals surface area contributed by atoms with Crippen molar-refractivity contribution < 1.29 is 9.59 Å². The quantitative estimate of drug-likeness (QED) is 0.833. The lowest BCUT2D eigenvalue weighted by Gasteiger charge is -2.22. The van der Waals surface area contributed by atoms with Crippen LogP contribution >= 0.6 is 0 Å². The zero-order valence-electron chi connectivity index (χ0n) is 16.6. The maximum absolute atomic E-state index is 13.1. The van der Waals surface area contributed by atoms with Crippen molar-refractivity contribution in [3.05, 3.63) is 58.9 Å². The summed E-state index contributed by atoms with van der Waals surface area (Å²) in [4.78, 5) is 28.9. The number of carbonyl (C=O) groups excluding carboxylic acids is 2. The van der Waals surface area contributed by atoms with Crippen LogP contribution in [0.5, 0.6) is 0 Å². The maximum atomic E-state index is 13.1. The van der Waals surface area contributed by atoms with E-state index >= 15 is 0 Å². The van der Waals surface area contributed by atoms with E-state index in [2.05, 4.69) is 23.6 Å². The number of aromatic nitrogens is 1. The molecule has 5 nitrogen and oxygen atoms in total. The van der Waals surface area contributed by atoms with Crippen LogP contribution in [0.1, 0.15) is 47.1 Å². The van der Waals surface area contributed by atoms with Crippen LogP contribution in [0, 0.1) is 13.8 Å². The van der Waals surface area contributed by atoms with Crippen LogP contribution in [-0.4, -0.2) is 52.4 Å². The van der Waals surface area contributed by atoms with Crippen molar-refractivity contribution in [2.75, 3.05) is 26.2 Å². The topological polar surface area (TPSA) is 45.6 Å². The lowest BCUT2D eigenvalue weighted by atomic mass is 10.2. The first-order valence-electron chi connectivity index (χ1n) is 9.79. The largest absolute Gasteiger partial charge is 0.344 e. The summed E-state index contributed by atoms with van der Waals surface area (Å²) >= 11 is 0. The molecule has 1 aromatic heterocycles. The van der Waals surface area contributed by atoms with Gasteiger partial charge in [0, 0.05) is 50.5 Å². The molecular formula is C22H29N3O2. The van der Waals surface area contributed by atoms with Gasteiger partial charge in [-0.15, -0.1) is 0 Å². The van der Waals surface area contributed by atoms with Gasteiger partial charge in [0.1, 0.15) is 0 Å². The first kappa shape index (κ1) is 19.2. The Kier molecular flexibility index (Phi) is 5.99. The summed E-state index contributed by atoms with van der Waals surface area (Å²) in [6.07, 6.45) is 1.36. The molecule has 2 heterocycles. The first-order chi connectivity index (χ1) is 13.0. The van der Waals surface area contributed by atoms with Crippen molar-refractivity contribution in [2.24, 2.45) is 0 Å². The predicted octanol–water partition coefficient (Wildman–Crippen LogP) is 3.24.